The minimum atomic E-state index is -1.06. The van der Waals surface area contributed by atoms with Crippen molar-refractivity contribution in [2.75, 3.05) is 0 Å². The van der Waals surface area contributed by atoms with Gasteiger partial charge in [0, 0.05) is 0 Å². The summed E-state index contributed by atoms with van der Waals surface area (Å²) in [5, 5.41) is 0. The highest BCUT2D eigenvalue weighted by Crippen LogP contribution is 2.29. The van der Waals surface area contributed by atoms with Crippen LogP contribution >= 0.6 is 0 Å². The molecule has 19 heavy (non-hydrogen) atoms. The van der Waals surface area contributed by atoms with Gasteiger partial charge in [0.05, 0.1) is 8.07 Å². The Hall–Kier alpha value is -0.823. The van der Waals surface area contributed by atoms with Crippen LogP contribution in [0, 0.1) is 0 Å². The molecule has 1 rings (SSSR count). The number of hydrogen-bond acceptors (Lipinski definition) is 0. The van der Waals surface area contributed by atoms with Gasteiger partial charge in [0.2, 0.25) is 0 Å². The molecule has 0 aromatic heterocycles. The summed E-state index contributed by atoms with van der Waals surface area (Å²) in [5.41, 5.74) is 2.25. The van der Waals surface area contributed by atoms with Crippen molar-refractivity contribution in [3.05, 3.63) is 48.0 Å². The van der Waals surface area contributed by atoms with Crippen molar-refractivity contribution in [1.82, 2.24) is 0 Å². The molecule has 0 spiro atoms. The van der Waals surface area contributed by atoms with Gasteiger partial charge < -0.3 is 0 Å². The first-order valence-electron chi connectivity index (χ1n) is 7.74. The highest BCUT2D eigenvalue weighted by atomic mass is 28.3. The van der Waals surface area contributed by atoms with Gasteiger partial charge in [-0.2, -0.15) is 0 Å². The highest BCUT2D eigenvalue weighted by Gasteiger charge is 2.23. The molecule has 1 atom stereocenters. The molecular weight excluding hydrogens is 244 g/mol. The summed E-state index contributed by atoms with van der Waals surface area (Å²) in [4.78, 5) is 0. The van der Waals surface area contributed by atoms with Gasteiger partial charge in [-0.1, -0.05) is 88.3 Å². The smallest absolute Gasteiger partial charge is 0.0513 e. The standard InChI is InChI=1S/C18H30Si/c1-5-6-8-15-18(19(2,3)4)16-11-14-17-12-9-7-10-13-17/h7,9-13,16,18H,5-6,8,14-15H2,1-4H3/b16-11+. The quantitative estimate of drug-likeness (QED) is 0.306. The minimum absolute atomic E-state index is 0.836. The van der Waals surface area contributed by atoms with Crippen molar-refractivity contribution in [2.24, 2.45) is 0 Å². The Morgan fingerprint density at radius 2 is 1.74 bits per heavy atom. The molecule has 0 saturated heterocycles. The number of benzene rings is 1. The normalized spacial score (nSPS) is 13.9. The summed E-state index contributed by atoms with van der Waals surface area (Å²) < 4.78 is 0. The Morgan fingerprint density at radius 3 is 2.32 bits per heavy atom. The van der Waals surface area contributed by atoms with E-state index in [0.717, 1.165) is 12.0 Å². The number of unbranched alkanes of at least 4 members (excludes halogenated alkanes) is 2. The van der Waals surface area contributed by atoms with Crippen molar-refractivity contribution in [3.63, 3.8) is 0 Å². The van der Waals surface area contributed by atoms with Crippen LogP contribution in [0.4, 0.5) is 0 Å². The third-order valence-electron chi connectivity index (χ3n) is 3.80. The van der Waals surface area contributed by atoms with E-state index in [4.69, 9.17) is 0 Å². The zero-order valence-electron chi connectivity index (χ0n) is 13.2. The van der Waals surface area contributed by atoms with Gasteiger partial charge in [-0.05, 0) is 23.9 Å². The Morgan fingerprint density at radius 1 is 1.05 bits per heavy atom. The first kappa shape index (κ1) is 16.2. The maximum absolute atomic E-state index is 2.51. The molecule has 106 valence electrons. The second-order valence-electron chi connectivity index (χ2n) is 6.59. The Bertz CT molecular complexity index is 359. The topological polar surface area (TPSA) is 0 Å². The lowest BCUT2D eigenvalue weighted by atomic mass is 10.1. The van der Waals surface area contributed by atoms with E-state index >= 15 is 0 Å². The Kier molecular flexibility index (Phi) is 7.15. The average molecular weight is 275 g/mol. The van der Waals surface area contributed by atoms with Gasteiger partial charge in [-0.25, -0.2) is 0 Å². The summed E-state index contributed by atoms with van der Waals surface area (Å²) >= 11 is 0. The lowest BCUT2D eigenvalue weighted by molar-refractivity contribution is 0.665. The van der Waals surface area contributed by atoms with E-state index in [-0.39, 0.29) is 0 Å². The van der Waals surface area contributed by atoms with Crippen LogP contribution in [-0.2, 0) is 6.42 Å². The van der Waals surface area contributed by atoms with E-state index in [9.17, 15) is 0 Å². The van der Waals surface area contributed by atoms with Gasteiger partial charge >= 0.3 is 0 Å². The Balaban J connectivity index is 2.52. The monoisotopic (exact) mass is 274 g/mol. The predicted molar refractivity (Wildman–Crippen MR) is 90.5 cm³/mol. The molecule has 0 aliphatic carbocycles. The molecule has 0 aliphatic heterocycles. The number of rotatable bonds is 8. The van der Waals surface area contributed by atoms with Crippen molar-refractivity contribution >= 4 is 8.07 Å². The molecule has 0 N–H and O–H groups in total. The largest absolute Gasteiger partial charge is 0.0878 e. The lowest BCUT2D eigenvalue weighted by Gasteiger charge is -2.26. The zero-order valence-corrected chi connectivity index (χ0v) is 14.2. The SMILES string of the molecule is CCCCCC(/C=C/Cc1ccccc1)[Si](C)(C)C. The summed E-state index contributed by atoms with van der Waals surface area (Å²) in [6.45, 7) is 9.78. The lowest BCUT2D eigenvalue weighted by Crippen LogP contribution is -2.26. The number of hydrogen-bond donors (Lipinski definition) is 0. The molecule has 0 radical (unpaired) electrons. The molecule has 0 fully saturated rings. The molecule has 0 nitrogen and oxygen atoms in total. The fourth-order valence-corrected chi connectivity index (χ4v) is 4.20. The van der Waals surface area contributed by atoms with Gasteiger partial charge in [-0.15, -0.1) is 0 Å². The van der Waals surface area contributed by atoms with Crippen molar-refractivity contribution < 1.29 is 0 Å². The summed E-state index contributed by atoms with van der Waals surface area (Å²) in [5.74, 6) is 0. The maximum Gasteiger partial charge on any atom is 0.0513 e. The minimum Gasteiger partial charge on any atom is -0.0878 e. The number of allylic oxidation sites excluding steroid dienone is 2. The Labute approximate surface area is 121 Å². The highest BCUT2D eigenvalue weighted by molar-refractivity contribution is 6.78. The van der Waals surface area contributed by atoms with Gasteiger partial charge in [0.15, 0.2) is 0 Å². The fourth-order valence-electron chi connectivity index (χ4n) is 2.41. The van der Waals surface area contributed by atoms with Crippen LogP contribution in [0.2, 0.25) is 25.2 Å². The molecule has 1 aromatic rings. The molecular formula is C18H30Si. The van der Waals surface area contributed by atoms with Crippen molar-refractivity contribution in [2.45, 2.75) is 64.2 Å². The van der Waals surface area contributed by atoms with Gasteiger partial charge in [0.25, 0.3) is 0 Å². The molecule has 1 heteroatoms. The molecule has 0 amide bonds. The van der Waals surface area contributed by atoms with Crippen LogP contribution in [0.3, 0.4) is 0 Å². The summed E-state index contributed by atoms with van der Waals surface area (Å²) in [6.07, 6.45) is 11.5. The van der Waals surface area contributed by atoms with E-state index in [1.807, 2.05) is 0 Å². The van der Waals surface area contributed by atoms with Crippen LogP contribution in [0.15, 0.2) is 42.5 Å². The summed E-state index contributed by atoms with van der Waals surface area (Å²) in [7, 11) is -1.06. The molecule has 0 heterocycles. The zero-order chi connectivity index (χ0) is 14.1. The third kappa shape index (κ3) is 6.77. The van der Waals surface area contributed by atoms with E-state index in [0.29, 0.717) is 0 Å². The van der Waals surface area contributed by atoms with Gasteiger partial charge in [0.1, 0.15) is 0 Å². The fraction of sp³-hybridized carbons (Fsp3) is 0.556. The molecule has 1 unspecified atom stereocenters. The van der Waals surface area contributed by atoms with E-state index in [1.165, 1.54) is 31.2 Å². The van der Waals surface area contributed by atoms with E-state index in [2.05, 4.69) is 69.0 Å². The predicted octanol–water partition coefficient (Wildman–Crippen LogP) is 6.07. The first-order chi connectivity index (χ1) is 9.04. The van der Waals surface area contributed by atoms with E-state index < -0.39 is 8.07 Å². The maximum atomic E-state index is 2.51. The summed E-state index contributed by atoms with van der Waals surface area (Å²) in [6, 6.07) is 10.8. The molecule has 1 aromatic carbocycles. The van der Waals surface area contributed by atoms with Crippen LogP contribution in [0.5, 0.6) is 0 Å². The molecule has 0 aliphatic rings. The van der Waals surface area contributed by atoms with Gasteiger partial charge in [-0.3, -0.25) is 0 Å². The van der Waals surface area contributed by atoms with Crippen molar-refractivity contribution in [3.8, 4) is 0 Å². The second kappa shape index (κ2) is 8.37. The molecule has 0 bridgehead atoms. The van der Waals surface area contributed by atoms with Crippen LogP contribution < -0.4 is 0 Å². The van der Waals surface area contributed by atoms with Crippen molar-refractivity contribution in [1.29, 1.82) is 0 Å². The second-order valence-corrected chi connectivity index (χ2v) is 12.1. The van der Waals surface area contributed by atoms with Crippen LogP contribution in [-0.4, -0.2) is 8.07 Å². The molecule has 0 saturated carbocycles. The van der Waals surface area contributed by atoms with Crippen LogP contribution in [0.1, 0.15) is 38.2 Å². The average Bonchev–Trinajstić information content (AvgIpc) is 2.37. The van der Waals surface area contributed by atoms with E-state index in [1.54, 1.807) is 0 Å². The third-order valence-corrected chi connectivity index (χ3v) is 6.50. The van der Waals surface area contributed by atoms with Crippen LogP contribution in [0.25, 0.3) is 0 Å². The first-order valence-corrected chi connectivity index (χ1v) is 11.3.